The van der Waals surface area contributed by atoms with Crippen LogP contribution in [0.1, 0.15) is 62.5 Å². The Bertz CT molecular complexity index is 1310. The first-order valence-corrected chi connectivity index (χ1v) is 12.3. The highest BCUT2D eigenvalue weighted by molar-refractivity contribution is 6.30. The van der Waals surface area contributed by atoms with E-state index in [-0.39, 0.29) is 23.6 Å². The van der Waals surface area contributed by atoms with Gasteiger partial charge >= 0.3 is 11.8 Å². The van der Waals surface area contributed by atoms with Crippen molar-refractivity contribution in [1.82, 2.24) is 19.4 Å². The Morgan fingerprint density at radius 1 is 1.14 bits per heavy atom. The molecule has 3 aromatic rings. The number of carbonyl (C=O) groups is 2. The van der Waals surface area contributed by atoms with Crippen molar-refractivity contribution in [3.8, 4) is 0 Å². The molecule has 4 rings (SSSR count). The number of hydrogen-bond donors (Lipinski definition) is 1. The number of amides is 1. The molecular formula is C26H31ClN4O4. The van der Waals surface area contributed by atoms with Gasteiger partial charge in [-0.2, -0.15) is 4.57 Å². The molecule has 8 nitrogen and oxygen atoms in total. The quantitative estimate of drug-likeness (QED) is 0.550. The van der Waals surface area contributed by atoms with Crippen molar-refractivity contribution in [2.45, 2.75) is 71.6 Å². The molecule has 0 atom stereocenters. The van der Waals surface area contributed by atoms with Gasteiger partial charge in [0, 0.05) is 18.8 Å². The van der Waals surface area contributed by atoms with Gasteiger partial charge in [-0.15, -0.1) is 0 Å². The molecule has 0 unspecified atom stereocenters. The van der Waals surface area contributed by atoms with Crippen molar-refractivity contribution < 1.29 is 14.3 Å². The van der Waals surface area contributed by atoms with E-state index in [0.29, 0.717) is 33.9 Å². The fourth-order valence-electron chi connectivity index (χ4n) is 4.62. The van der Waals surface area contributed by atoms with E-state index in [9.17, 15) is 14.4 Å². The predicted octanol–water partition coefficient (Wildman–Crippen LogP) is 4.93. The van der Waals surface area contributed by atoms with E-state index < -0.39 is 11.7 Å². The summed E-state index contributed by atoms with van der Waals surface area (Å²) >= 11 is 6.01. The molecule has 2 heterocycles. The molecule has 2 aromatic heterocycles. The maximum atomic E-state index is 13.3. The highest BCUT2D eigenvalue weighted by Gasteiger charge is 2.27. The van der Waals surface area contributed by atoms with E-state index >= 15 is 0 Å². The SMILES string of the molecule is Cc1ncc(Cl)cc1C(=O)N[C@H]1CC[C@H](Cn2c(=O)n(C(=O)OC(C)(C)C)c3ccccc32)CC1. The number of aromatic nitrogens is 3. The lowest BCUT2D eigenvalue weighted by molar-refractivity contribution is 0.0536. The first-order chi connectivity index (χ1) is 16.5. The number of hydrogen-bond acceptors (Lipinski definition) is 5. The Morgan fingerprint density at radius 3 is 2.46 bits per heavy atom. The summed E-state index contributed by atoms with van der Waals surface area (Å²) < 4.78 is 8.27. The van der Waals surface area contributed by atoms with Crippen LogP contribution >= 0.6 is 11.6 Å². The number of para-hydroxylation sites is 2. The number of benzene rings is 1. The zero-order valence-corrected chi connectivity index (χ0v) is 21.3. The summed E-state index contributed by atoms with van der Waals surface area (Å²) in [6.45, 7) is 7.62. The van der Waals surface area contributed by atoms with Gasteiger partial charge in [-0.05, 0) is 77.5 Å². The lowest BCUT2D eigenvalue weighted by atomic mass is 9.85. The van der Waals surface area contributed by atoms with Crippen molar-refractivity contribution in [2.24, 2.45) is 5.92 Å². The smallest absolute Gasteiger partial charge is 0.423 e. The van der Waals surface area contributed by atoms with Crippen molar-refractivity contribution >= 4 is 34.6 Å². The molecule has 1 aromatic carbocycles. The lowest BCUT2D eigenvalue weighted by Gasteiger charge is -2.29. The molecule has 35 heavy (non-hydrogen) atoms. The summed E-state index contributed by atoms with van der Waals surface area (Å²) in [5.74, 6) is 0.0888. The molecule has 1 aliphatic rings. The van der Waals surface area contributed by atoms with Crippen LogP contribution in [0.5, 0.6) is 0 Å². The summed E-state index contributed by atoms with van der Waals surface area (Å²) in [7, 11) is 0. The fourth-order valence-corrected chi connectivity index (χ4v) is 4.77. The van der Waals surface area contributed by atoms with Crippen LogP contribution in [0, 0.1) is 12.8 Å². The third-order valence-electron chi connectivity index (χ3n) is 6.33. The summed E-state index contributed by atoms with van der Waals surface area (Å²) in [5, 5.41) is 3.53. The maximum absolute atomic E-state index is 13.3. The molecule has 0 aliphatic heterocycles. The van der Waals surface area contributed by atoms with Gasteiger partial charge < -0.3 is 10.1 Å². The molecule has 0 bridgehead atoms. The normalized spacial score (nSPS) is 18.4. The van der Waals surface area contributed by atoms with Crippen LogP contribution in [0.15, 0.2) is 41.3 Å². The van der Waals surface area contributed by atoms with Gasteiger partial charge in [0.15, 0.2) is 0 Å². The number of halogens is 1. The van der Waals surface area contributed by atoms with E-state index in [1.165, 1.54) is 6.20 Å². The van der Waals surface area contributed by atoms with Crippen LogP contribution < -0.4 is 11.0 Å². The first-order valence-electron chi connectivity index (χ1n) is 11.9. The van der Waals surface area contributed by atoms with Crippen LogP contribution in [0.25, 0.3) is 11.0 Å². The minimum Gasteiger partial charge on any atom is -0.443 e. The third kappa shape index (κ3) is 5.59. The number of rotatable bonds is 4. The Kier molecular flexibility index (Phi) is 7.03. The van der Waals surface area contributed by atoms with Gasteiger partial charge in [0.05, 0.1) is 27.3 Å². The van der Waals surface area contributed by atoms with Crippen LogP contribution in [-0.2, 0) is 11.3 Å². The Morgan fingerprint density at radius 2 is 1.80 bits per heavy atom. The molecule has 1 amide bonds. The Labute approximate surface area is 209 Å². The first kappa shape index (κ1) is 25.0. The lowest BCUT2D eigenvalue weighted by Crippen LogP contribution is -2.39. The topological polar surface area (TPSA) is 95.2 Å². The van der Waals surface area contributed by atoms with Crippen molar-refractivity contribution in [1.29, 1.82) is 0 Å². The van der Waals surface area contributed by atoms with E-state index in [0.717, 1.165) is 30.3 Å². The number of imidazole rings is 1. The highest BCUT2D eigenvalue weighted by Crippen LogP contribution is 2.27. The molecule has 0 saturated heterocycles. The van der Waals surface area contributed by atoms with Crippen molar-refractivity contribution in [3.63, 3.8) is 0 Å². The number of aryl methyl sites for hydroxylation is 1. The molecule has 1 aliphatic carbocycles. The van der Waals surface area contributed by atoms with E-state index in [4.69, 9.17) is 16.3 Å². The predicted molar refractivity (Wildman–Crippen MR) is 135 cm³/mol. The zero-order chi connectivity index (χ0) is 25.3. The van der Waals surface area contributed by atoms with Gasteiger partial charge in [-0.25, -0.2) is 9.59 Å². The fraction of sp³-hybridized carbons (Fsp3) is 0.462. The maximum Gasteiger partial charge on any atom is 0.423 e. The molecule has 9 heteroatoms. The van der Waals surface area contributed by atoms with Crippen LogP contribution in [0.2, 0.25) is 5.02 Å². The van der Waals surface area contributed by atoms with E-state index in [1.54, 1.807) is 50.5 Å². The minimum atomic E-state index is -0.706. The summed E-state index contributed by atoms with van der Waals surface area (Å²) in [4.78, 5) is 42.9. The van der Waals surface area contributed by atoms with Crippen LogP contribution in [0.3, 0.4) is 0 Å². The molecule has 1 fully saturated rings. The average molecular weight is 499 g/mol. The minimum absolute atomic E-state index is 0.0527. The Balaban J connectivity index is 1.45. The largest absolute Gasteiger partial charge is 0.443 e. The van der Waals surface area contributed by atoms with Crippen molar-refractivity contribution in [3.05, 3.63) is 63.3 Å². The van der Waals surface area contributed by atoms with Gasteiger partial charge in [-0.3, -0.25) is 14.3 Å². The zero-order valence-electron chi connectivity index (χ0n) is 20.5. The number of ether oxygens (including phenoxy) is 1. The number of fused-ring (bicyclic) bond motifs is 1. The Hall–Kier alpha value is -3.13. The van der Waals surface area contributed by atoms with E-state index in [2.05, 4.69) is 10.3 Å². The second-order valence-electron chi connectivity index (χ2n) is 10.2. The summed E-state index contributed by atoms with van der Waals surface area (Å²) in [6, 6.07) is 8.96. The van der Waals surface area contributed by atoms with Crippen LogP contribution in [-0.4, -0.2) is 37.8 Å². The standard InChI is InChI=1S/C26H31ClN4O4/c1-16-20(13-18(27)14-28-16)23(32)29-19-11-9-17(10-12-19)15-30-21-7-5-6-8-22(21)31(24(30)33)25(34)35-26(2,3)4/h5-8,13-14,17,19H,9-12,15H2,1-4H3,(H,29,32)/t17-,19-. The average Bonchev–Trinajstić information content (AvgIpc) is 3.07. The second-order valence-corrected chi connectivity index (χ2v) is 10.6. The third-order valence-corrected chi connectivity index (χ3v) is 6.54. The number of carbonyl (C=O) groups excluding carboxylic acids is 2. The summed E-state index contributed by atoms with van der Waals surface area (Å²) in [6.07, 6.45) is 4.19. The van der Waals surface area contributed by atoms with Gasteiger partial charge in [0.2, 0.25) is 0 Å². The number of nitrogens with one attached hydrogen (secondary N) is 1. The molecule has 1 N–H and O–H groups in total. The van der Waals surface area contributed by atoms with Crippen LogP contribution in [0.4, 0.5) is 4.79 Å². The molecule has 1 saturated carbocycles. The highest BCUT2D eigenvalue weighted by atomic mass is 35.5. The van der Waals surface area contributed by atoms with Gasteiger partial charge in [0.25, 0.3) is 5.91 Å². The number of pyridine rings is 1. The van der Waals surface area contributed by atoms with Gasteiger partial charge in [-0.1, -0.05) is 23.7 Å². The monoisotopic (exact) mass is 498 g/mol. The second kappa shape index (κ2) is 9.85. The van der Waals surface area contributed by atoms with E-state index in [1.807, 2.05) is 12.1 Å². The summed E-state index contributed by atoms with van der Waals surface area (Å²) in [5.41, 5.74) is 1.28. The molecule has 186 valence electrons. The van der Waals surface area contributed by atoms with Crippen molar-refractivity contribution in [2.75, 3.05) is 0 Å². The molecular weight excluding hydrogens is 468 g/mol. The number of nitrogens with zero attached hydrogens (tertiary/aromatic N) is 3. The molecule has 0 radical (unpaired) electrons. The van der Waals surface area contributed by atoms with Gasteiger partial charge in [0.1, 0.15) is 5.60 Å². The molecule has 0 spiro atoms.